The molecule has 0 aliphatic heterocycles. The lowest BCUT2D eigenvalue weighted by molar-refractivity contribution is -0.384. The SMILES string of the molecule is C#CCn1c(=O)c2cc([N+](=O)[O-])ccc2n(CC)c1=O. The van der Waals surface area contributed by atoms with E-state index in [2.05, 4.69) is 5.92 Å². The van der Waals surface area contributed by atoms with Gasteiger partial charge in [-0.15, -0.1) is 6.42 Å². The average Bonchev–Trinajstić information content (AvgIpc) is 2.43. The molecule has 1 heterocycles. The maximum Gasteiger partial charge on any atom is 0.332 e. The van der Waals surface area contributed by atoms with Gasteiger partial charge in [0.25, 0.3) is 11.2 Å². The standard InChI is InChI=1S/C13H11N3O4/c1-3-7-15-12(17)10-8-9(16(19)20)5-6-11(10)14(4-2)13(15)18/h1,5-6,8H,4,7H2,2H3. The second-order valence-electron chi connectivity index (χ2n) is 4.08. The molecule has 7 heteroatoms. The second kappa shape index (κ2) is 5.01. The highest BCUT2D eigenvalue weighted by molar-refractivity contribution is 5.80. The smallest absolute Gasteiger partial charge is 0.293 e. The molecule has 0 aliphatic rings. The Bertz CT molecular complexity index is 855. The van der Waals surface area contributed by atoms with Crippen LogP contribution in [-0.2, 0) is 13.1 Å². The molecule has 0 N–H and O–H groups in total. The third kappa shape index (κ3) is 1.97. The van der Waals surface area contributed by atoms with Gasteiger partial charge in [-0.1, -0.05) is 5.92 Å². The van der Waals surface area contributed by atoms with Crippen molar-refractivity contribution in [3.05, 3.63) is 49.2 Å². The normalized spacial score (nSPS) is 10.4. The minimum atomic E-state index is -0.614. The van der Waals surface area contributed by atoms with Crippen molar-refractivity contribution in [2.24, 2.45) is 0 Å². The molecule has 0 saturated carbocycles. The van der Waals surface area contributed by atoms with Gasteiger partial charge in [0.05, 0.1) is 22.4 Å². The number of hydrogen-bond donors (Lipinski definition) is 0. The molecule has 1 aromatic heterocycles. The molecule has 0 saturated heterocycles. The fourth-order valence-electron chi connectivity index (χ4n) is 2.06. The summed E-state index contributed by atoms with van der Waals surface area (Å²) in [6.45, 7) is 1.90. The molecular formula is C13H11N3O4. The predicted molar refractivity (Wildman–Crippen MR) is 73.6 cm³/mol. The Morgan fingerprint density at radius 2 is 2.05 bits per heavy atom. The van der Waals surface area contributed by atoms with E-state index in [0.717, 1.165) is 10.6 Å². The van der Waals surface area contributed by atoms with Gasteiger partial charge in [0.1, 0.15) is 0 Å². The van der Waals surface area contributed by atoms with Crippen molar-refractivity contribution in [1.29, 1.82) is 0 Å². The molecule has 102 valence electrons. The Kier molecular flexibility index (Phi) is 3.39. The van der Waals surface area contributed by atoms with Gasteiger partial charge in [-0.05, 0) is 13.0 Å². The first-order valence-electron chi connectivity index (χ1n) is 5.86. The van der Waals surface area contributed by atoms with E-state index in [1.54, 1.807) is 6.92 Å². The Morgan fingerprint density at radius 1 is 1.35 bits per heavy atom. The maximum absolute atomic E-state index is 12.2. The van der Waals surface area contributed by atoms with Crippen molar-refractivity contribution in [1.82, 2.24) is 9.13 Å². The van der Waals surface area contributed by atoms with Crippen LogP contribution in [0.15, 0.2) is 27.8 Å². The van der Waals surface area contributed by atoms with Crippen molar-refractivity contribution in [3.63, 3.8) is 0 Å². The Hall–Kier alpha value is -2.88. The lowest BCUT2D eigenvalue weighted by atomic mass is 10.2. The summed E-state index contributed by atoms with van der Waals surface area (Å²) in [4.78, 5) is 34.5. The van der Waals surface area contributed by atoms with Gasteiger partial charge < -0.3 is 0 Å². The summed E-state index contributed by atoms with van der Waals surface area (Å²) in [5, 5.41) is 10.9. The first kappa shape index (κ1) is 13.5. The number of benzene rings is 1. The van der Waals surface area contributed by atoms with Crippen LogP contribution >= 0.6 is 0 Å². The number of non-ortho nitro benzene ring substituents is 1. The molecular weight excluding hydrogens is 262 g/mol. The number of nitro benzene ring substituents is 1. The zero-order valence-electron chi connectivity index (χ0n) is 10.7. The molecule has 0 aliphatic carbocycles. The lowest BCUT2D eigenvalue weighted by Gasteiger charge is -2.10. The Morgan fingerprint density at radius 3 is 2.60 bits per heavy atom. The molecule has 0 amide bonds. The van der Waals surface area contributed by atoms with Crippen LogP contribution in [0.4, 0.5) is 5.69 Å². The summed E-state index contributed by atoms with van der Waals surface area (Å²) in [6.07, 6.45) is 5.15. The first-order valence-corrected chi connectivity index (χ1v) is 5.86. The zero-order chi connectivity index (χ0) is 14.9. The predicted octanol–water partition coefficient (Wildman–Crippen LogP) is 0.724. The second-order valence-corrected chi connectivity index (χ2v) is 4.08. The number of fused-ring (bicyclic) bond motifs is 1. The number of nitrogens with zero attached hydrogens (tertiary/aromatic N) is 3. The van der Waals surface area contributed by atoms with Crippen LogP contribution in [0.25, 0.3) is 10.9 Å². The number of terminal acetylenes is 1. The molecule has 0 bridgehead atoms. The monoisotopic (exact) mass is 273 g/mol. The van der Waals surface area contributed by atoms with Gasteiger partial charge >= 0.3 is 5.69 Å². The minimum absolute atomic E-state index is 0.107. The van der Waals surface area contributed by atoms with Gasteiger partial charge in [-0.25, -0.2) is 9.36 Å². The summed E-state index contributed by atoms with van der Waals surface area (Å²) in [5.74, 6) is 2.23. The van der Waals surface area contributed by atoms with Crippen LogP contribution in [-0.4, -0.2) is 14.1 Å². The molecule has 0 radical (unpaired) electrons. The summed E-state index contributed by atoms with van der Waals surface area (Å²) in [7, 11) is 0. The van der Waals surface area contributed by atoms with Crippen molar-refractivity contribution < 1.29 is 4.92 Å². The van der Waals surface area contributed by atoms with E-state index < -0.39 is 16.2 Å². The highest BCUT2D eigenvalue weighted by Gasteiger charge is 2.15. The summed E-state index contributed by atoms with van der Waals surface area (Å²) in [6, 6.07) is 3.83. The number of nitro groups is 1. The van der Waals surface area contributed by atoms with Crippen LogP contribution in [0, 0.1) is 22.5 Å². The molecule has 1 aromatic carbocycles. The fraction of sp³-hybridized carbons (Fsp3) is 0.231. The highest BCUT2D eigenvalue weighted by atomic mass is 16.6. The molecule has 0 unspecified atom stereocenters. The Labute approximate surface area is 113 Å². The van der Waals surface area contributed by atoms with E-state index in [9.17, 15) is 19.7 Å². The molecule has 0 spiro atoms. The zero-order valence-corrected chi connectivity index (χ0v) is 10.7. The third-order valence-corrected chi connectivity index (χ3v) is 2.98. The third-order valence-electron chi connectivity index (χ3n) is 2.98. The molecule has 0 fully saturated rings. The molecule has 20 heavy (non-hydrogen) atoms. The minimum Gasteiger partial charge on any atom is -0.293 e. The van der Waals surface area contributed by atoms with Crippen molar-refractivity contribution in [3.8, 4) is 12.3 Å². The van der Waals surface area contributed by atoms with Gasteiger partial charge in [0.15, 0.2) is 0 Å². The van der Waals surface area contributed by atoms with Crippen LogP contribution in [0.1, 0.15) is 6.92 Å². The van der Waals surface area contributed by atoms with Gasteiger partial charge in [-0.2, -0.15) is 0 Å². The summed E-state index contributed by atoms with van der Waals surface area (Å²) >= 11 is 0. The fourth-order valence-corrected chi connectivity index (χ4v) is 2.06. The van der Waals surface area contributed by atoms with E-state index in [4.69, 9.17) is 6.42 Å². The van der Waals surface area contributed by atoms with E-state index in [0.29, 0.717) is 12.1 Å². The summed E-state index contributed by atoms with van der Waals surface area (Å²) < 4.78 is 2.26. The van der Waals surface area contributed by atoms with E-state index in [1.807, 2.05) is 0 Å². The maximum atomic E-state index is 12.2. The molecule has 2 rings (SSSR count). The highest BCUT2D eigenvalue weighted by Crippen LogP contribution is 2.17. The van der Waals surface area contributed by atoms with E-state index in [-0.39, 0.29) is 17.6 Å². The first-order chi connectivity index (χ1) is 9.51. The molecule has 0 atom stereocenters. The average molecular weight is 273 g/mol. The van der Waals surface area contributed by atoms with Crippen molar-refractivity contribution in [2.75, 3.05) is 0 Å². The molecule has 7 nitrogen and oxygen atoms in total. The largest absolute Gasteiger partial charge is 0.332 e. The number of aromatic nitrogens is 2. The van der Waals surface area contributed by atoms with Gasteiger partial charge in [0, 0.05) is 18.7 Å². The lowest BCUT2D eigenvalue weighted by Crippen LogP contribution is -2.39. The molecule has 2 aromatic rings. The number of rotatable bonds is 3. The van der Waals surface area contributed by atoms with E-state index >= 15 is 0 Å². The van der Waals surface area contributed by atoms with Crippen LogP contribution < -0.4 is 11.2 Å². The van der Waals surface area contributed by atoms with E-state index in [1.165, 1.54) is 16.7 Å². The van der Waals surface area contributed by atoms with Crippen molar-refractivity contribution in [2.45, 2.75) is 20.0 Å². The quantitative estimate of drug-likeness (QED) is 0.468. The summed E-state index contributed by atoms with van der Waals surface area (Å²) in [5.41, 5.74) is -0.974. The Balaban J connectivity index is 2.98. The van der Waals surface area contributed by atoms with Gasteiger partial charge in [0.2, 0.25) is 0 Å². The van der Waals surface area contributed by atoms with Crippen LogP contribution in [0.2, 0.25) is 0 Å². The van der Waals surface area contributed by atoms with Crippen LogP contribution in [0.3, 0.4) is 0 Å². The van der Waals surface area contributed by atoms with Gasteiger partial charge in [-0.3, -0.25) is 19.5 Å². The number of aryl methyl sites for hydroxylation is 1. The van der Waals surface area contributed by atoms with Crippen molar-refractivity contribution >= 4 is 16.6 Å². The number of hydrogen-bond acceptors (Lipinski definition) is 4. The topological polar surface area (TPSA) is 87.1 Å². The van der Waals surface area contributed by atoms with Crippen LogP contribution in [0.5, 0.6) is 0 Å².